The molecular formula is C11H14N2O4. The fourth-order valence-corrected chi connectivity index (χ4v) is 1.17. The van der Waals surface area contributed by atoms with Crippen molar-refractivity contribution in [2.75, 3.05) is 20.2 Å². The Labute approximate surface area is 98.6 Å². The second-order valence-electron chi connectivity index (χ2n) is 3.18. The van der Waals surface area contributed by atoms with Gasteiger partial charge in [0.15, 0.2) is 0 Å². The zero-order valence-electron chi connectivity index (χ0n) is 9.40. The minimum Gasteiger partial charge on any atom is -0.492 e. The van der Waals surface area contributed by atoms with Crippen LogP contribution in [0.1, 0.15) is 10.4 Å². The molecular weight excluding hydrogens is 224 g/mol. The first-order chi connectivity index (χ1) is 8.13. The Kier molecular flexibility index (Phi) is 4.80. The molecule has 92 valence electrons. The number of ether oxygens (including phenoxy) is 1. The van der Waals surface area contributed by atoms with Crippen LogP contribution >= 0.6 is 0 Å². The lowest BCUT2D eigenvalue weighted by molar-refractivity contribution is 0.0963. The number of hydrogen-bond donors (Lipinski definition) is 3. The Morgan fingerprint density at radius 1 is 1.29 bits per heavy atom. The molecule has 1 aromatic carbocycles. The molecule has 0 saturated heterocycles. The van der Waals surface area contributed by atoms with Gasteiger partial charge in [0.1, 0.15) is 12.4 Å². The van der Waals surface area contributed by atoms with Crippen LogP contribution in [0.2, 0.25) is 0 Å². The van der Waals surface area contributed by atoms with Crippen LogP contribution in [0.25, 0.3) is 0 Å². The van der Waals surface area contributed by atoms with Crippen molar-refractivity contribution in [1.82, 2.24) is 10.6 Å². The van der Waals surface area contributed by atoms with E-state index in [0.29, 0.717) is 11.3 Å². The minimum atomic E-state index is -1.08. The maximum atomic E-state index is 11.2. The van der Waals surface area contributed by atoms with Gasteiger partial charge in [-0.05, 0) is 24.3 Å². The third kappa shape index (κ3) is 4.42. The molecule has 6 nitrogen and oxygen atoms in total. The zero-order valence-corrected chi connectivity index (χ0v) is 9.40. The normalized spacial score (nSPS) is 9.47. The summed E-state index contributed by atoms with van der Waals surface area (Å²) in [6, 6.07) is 6.59. The van der Waals surface area contributed by atoms with Crippen molar-refractivity contribution < 1.29 is 19.4 Å². The highest BCUT2D eigenvalue weighted by atomic mass is 16.5. The van der Waals surface area contributed by atoms with Crippen LogP contribution in [0, 0.1) is 0 Å². The second kappa shape index (κ2) is 6.37. The van der Waals surface area contributed by atoms with Crippen LogP contribution in [-0.2, 0) is 0 Å². The molecule has 0 bridgehead atoms. The fraction of sp³-hybridized carbons (Fsp3) is 0.273. The zero-order chi connectivity index (χ0) is 12.7. The number of benzene rings is 1. The van der Waals surface area contributed by atoms with Crippen LogP contribution in [0.3, 0.4) is 0 Å². The van der Waals surface area contributed by atoms with Crippen molar-refractivity contribution in [3.8, 4) is 5.75 Å². The number of carbonyl (C=O) groups excluding carboxylic acids is 1. The molecule has 0 saturated carbocycles. The predicted octanol–water partition coefficient (Wildman–Crippen LogP) is 0.693. The van der Waals surface area contributed by atoms with E-state index < -0.39 is 6.09 Å². The largest absolute Gasteiger partial charge is 0.492 e. The number of rotatable bonds is 5. The summed E-state index contributed by atoms with van der Waals surface area (Å²) in [5.74, 6) is 0.425. The van der Waals surface area contributed by atoms with Gasteiger partial charge in [-0.15, -0.1) is 0 Å². The van der Waals surface area contributed by atoms with Gasteiger partial charge in [-0.25, -0.2) is 4.79 Å². The van der Waals surface area contributed by atoms with Crippen LogP contribution < -0.4 is 15.4 Å². The van der Waals surface area contributed by atoms with Gasteiger partial charge in [0.05, 0.1) is 6.54 Å². The average molecular weight is 238 g/mol. The lowest BCUT2D eigenvalue weighted by atomic mass is 10.2. The van der Waals surface area contributed by atoms with Crippen molar-refractivity contribution >= 4 is 12.0 Å². The first-order valence-electron chi connectivity index (χ1n) is 5.05. The molecule has 0 spiro atoms. The number of carboxylic acid groups (broad SMARTS) is 1. The molecule has 0 unspecified atom stereocenters. The minimum absolute atomic E-state index is 0.163. The third-order valence-corrected chi connectivity index (χ3v) is 1.99. The van der Waals surface area contributed by atoms with Crippen molar-refractivity contribution in [1.29, 1.82) is 0 Å². The maximum absolute atomic E-state index is 11.2. The standard InChI is InChI=1S/C11H14N2O4/c1-12-10(14)8-2-4-9(5-3-8)17-7-6-13-11(15)16/h2-5,13H,6-7H2,1H3,(H,12,14)(H,15,16). The van der Waals surface area contributed by atoms with Crippen LogP contribution in [0.4, 0.5) is 4.79 Å². The van der Waals surface area contributed by atoms with E-state index in [0.717, 1.165) is 0 Å². The van der Waals surface area contributed by atoms with E-state index in [9.17, 15) is 9.59 Å². The number of nitrogens with one attached hydrogen (secondary N) is 2. The van der Waals surface area contributed by atoms with E-state index in [-0.39, 0.29) is 19.1 Å². The molecule has 2 amide bonds. The van der Waals surface area contributed by atoms with Crippen molar-refractivity contribution in [2.45, 2.75) is 0 Å². The van der Waals surface area contributed by atoms with Crippen LogP contribution in [0.5, 0.6) is 5.75 Å². The second-order valence-corrected chi connectivity index (χ2v) is 3.18. The van der Waals surface area contributed by atoms with Gasteiger partial charge >= 0.3 is 6.09 Å². The molecule has 3 N–H and O–H groups in total. The van der Waals surface area contributed by atoms with Gasteiger partial charge in [-0.2, -0.15) is 0 Å². The summed E-state index contributed by atoms with van der Waals surface area (Å²) in [6.45, 7) is 0.456. The van der Waals surface area contributed by atoms with Gasteiger partial charge in [-0.1, -0.05) is 0 Å². The summed E-state index contributed by atoms with van der Waals surface area (Å²) in [6.07, 6.45) is -1.08. The van der Waals surface area contributed by atoms with E-state index in [4.69, 9.17) is 9.84 Å². The van der Waals surface area contributed by atoms with E-state index in [1.54, 1.807) is 31.3 Å². The van der Waals surface area contributed by atoms with E-state index in [1.165, 1.54) is 0 Å². The molecule has 17 heavy (non-hydrogen) atoms. The molecule has 0 aliphatic heterocycles. The highest BCUT2D eigenvalue weighted by Crippen LogP contribution is 2.11. The van der Waals surface area contributed by atoms with Gasteiger partial charge in [-0.3, -0.25) is 4.79 Å². The quantitative estimate of drug-likeness (QED) is 0.659. The summed E-state index contributed by atoms with van der Waals surface area (Å²) in [7, 11) is 1.56. The van der Waals surface area contributed by atoms with Gasteiger partial charge < -0.3 is 20.5 Å². The number of hydrogen-bond acceptors (Lipinski definition) is 3. The average Bonchev–Trinajstić information content (AvgIpc) is 2.34. The molecule has 0 aromatic heterocycles. The Hall–Kier alpha value is -2.24. The Morgan fingerprint density at radius 2 is 1.94 bits per heavy atom. The van der Waals surface area contributed by atoms with E-state index >= 15 is 0 Å². The Morgan fingerprint density at radius 3 is 2.47 bits per heavy atom. The number of carbonyl (C=O) groups is 2. The predicted molar refractivity (Wildman–Crippen MR) is 61.4 cm³/mol. The monoisotopic (exact) mass is 238 g/mol. The van der Waals surface area contributed by atoms with Crippen molar-refractivity contribution in [3.05, 3.63) is 29.8 Å². The first kappa shape index (κ1) is 12.8. The highest BCUT2D eigenvalue weighted by molar-refractivity contribution is 5.94. The van der Waals surface area contributed by atoms with Crippen molar-refractivity contribution in [3.63, 3.8) is 0 Å². The molecule has 1 rings (SSSR count). The highest BCUT2D eigenvalue weighted by Gasteiger charge is 2.02. The summed E-state index contributed by atoms with van der Waals surface area (Å²) in [4.78, 5) is 21.4. The Bertz CT molecular complexity index is 389. The molecule has 0 fully saturated rings. The molecule has 0 aliphatic carbocycles. The topological polar surface area (TPSA) is 87.7 Å². The van der Waals surface area contributed by atoms with E-state index in [2.05, 4.69) is 10.6 Å². The molecule has 0 radical (unpaired) electrons. The fourth-order valence-electron chi connectivity index (χ4n) is 1.17. The van der Waals surface area contributed by atoms with Gasteiger partial charge in [0.25, 0.3) is 5.91 Å². The number of amides is 2. The summed E-state index contributed by atoms with van der Waals surface area (Å²) in [5.41, 5.74) is 0.545. The van der Waals surface area contributed by atoms with Crippen LogP contribution in [-0.4, -0.2) is 37.3 Å². The van der Waals surface area contributed by atoms with E-state index in [1.807, 2.05) is 0 Å². The molecule has 0 heterocycles. The molecule has 0 atom stereocenters. The lowest BCUT2D eigenvalue weighted by Gasteiger charge is -2.06. The molecule has 0 aliphatic rings. The summed E-state index contributed by atoms with van der Waals surface area (Å²) < 4.78 is 5.27. The first-order valence-corrected chi connectivity index (χ1v) is 5.05. The smallest absolute Gasteiger partial charge is 0.404 e. The lowest BCUT2D eigenvalue weighted by Crippen LogP contribution is -2.26. The SMILES string of the molecule is CNC(=O)c1ccc(OCCNC(=O)O)cc1. The molecule has 6 heteroatoms. The Balaban J connectivity index is 2.40. The summed E-state index contributed by atoms with van der Waals surface area (Å²) >= 11 is 0. The maximum Gasteiger partial charge on any atom is 0.404 e. The molecule has 1 aromatic rings. The van der Waals surface area contributed by atoms with Crippen molar-refractivity contribution in [2.24, 2.45) is 0 Å². The van der Waals surface area contributed by atoms with Gasteiger partial charge in [0.2, 0.25) is 0 Å². The summed E-state index contributed by atoms with van der Waals surface area (Å²) in [5, 5.41) is 13.0. The third-order valence-electron chi connectivity index (χ3n) is 1.99. The van der Waals surface area contributed by atoms with Crippen LogP contribution in [0.15, 0.2) is 24.3 Å². The van der Waals surface area contributed by atoms with Gasteiger partial charge in [0, 0.05) is 12.6 Å².